The Morgan fingerprint density at radius 1 is 1.05 bits per heavy atom. The Labute approximate surface area is 114 Å². The van der Waals surface area contributed by atoms with Gasteiger partial charge in [0.05, 0.1) is 31.3 Å². The van der Waals surface area contributed by atoms with Crippen LogP contribution in [0.15, 0.2) is 12.4 Å². The summed E-state index contributed by atoms with van der Waals surface area (Å²) in [5.74, 6) is 0.830. The molecule has 0 aromatic carbocycles. The van der Waals surface area contributed by atoms with E-state index in [4.69, 9.17) is 15.2 Å². The zero-order valence-electron chi connectivity index (χ0n) is 11.8. The van der Waals surface area contributed by atoms with Crippen LogP contribution < -0.4 is 10.6 Å². The van der Waals surface area contributed by atoms with Crippen molar-refractivity contribution in [2.75, 3.05) is 44.4 Å². The van der Waals surface area contributed by atoms with Gasteiger partial charge in [-0.15, -0.1) is 0 Å². The highest BCUT2D eigenvalue weighted by Gasteiger charge is 2.08. The molecule has 1 aromatic heterocycles. The normalized spacial score (nSPS) is 10.7. The van der Waals surface area contributed by atoms with Crippen LogP contribution in [0, 0.1) is 0 Å². The third-order valence-corrected chi connectivity index (χ3v) is 2.64. The lowest BCUT2D eigenvalue weighted by atomic mass is 10.4. The summed E-state index contributed by atoms with van der Waals surface area (Å²) in [6, 6.07) is 0. The van der Waals surface area contributed by atoms with Gasteiger partial charge in [0.25, 0.3) is 0 Å². The first-order chi connectivity index (χ1) is 9.31. The van der Waals surface area contributed by atoms with Gasteiger partial charge in [-0.25, -0.2) is 4.98 Å². The number of anilines is 1. The number of ether oxygens (including phenoxy) is 2. The zero-order valence-corrected chi connectivity index (χ0v) is 11.8. The van der Waals surface area contributed by atoms with E-state index in [0.29, 0.717) is 19.8 Å². The maximum absolute atomic E-state index is 5.52. The number of nitrogens with two attached hydrogens (primary N) is 1. The molecule has 6 heteroatoms. The lowest BCUT2D eigenvalue weighted by Gasteiger charge is -2.23. The van der Waals surface area contributed by atoms with Crippen molar-refractivity contribution in [1.82, 2.24) is 9.97 Å². The summed E-state index contributed by atoms with van der Waals surface area (Å²) in [4.78, 5) is 10.8. The van der Waals surface area contributed by atoms with E-state index in [-0.39, 0.29) is 0 Å². The molecule has 19 heavy (non-hydrogen) atoms. The van der Waals surface area contributed by atoms with Crippen LogP contribution in [0.5, 0.6) is 0 Å². The summed E-state index contributed by atoms with van der Waals surface area (Å²) >= 11 is 0. The fourth-order valence-corrected chi connectivity index (χ4v) is 1.60. The van der Waals surface area contributed by atoms with Crippen molar-refractivity contribution in [3.63, 3.8) is 0 Å². The first kappa shape index (κ1) is 15.8. The average molecular weight is 268 g/mol. The van der Waals surface area contributed by atoms with Crippen LogP contribution in [0.25, 0.3) is 0 Å². The Morgan fingerprint density at radius 2 is 1.68 bits per heavy atom. The molecule has 0 aliphatic carbocycles. The van der Waals surface area contributed by atoms with Crippen LogP contribution in [0.4, 0.5) is 5.82 Å². The summed E-state index contributed by atoms with van der Waals surface area (Å²) in [6.45, 7) is 8.71. The molecule has 0 radical (unpaired) electrons. The molecule has 0 aliphatic rings. The standard InChI is InChI=1S/C13H24N4O2/c1-3-18-7-5-17(6-8-19-4-2)13-11-15-12(9-14)10-16-13/h10-11H,3-9,14H2,1-2H3. The first-order valence-electron chi connectivity index (χ1n) is 6.73. The zero-order chi connectivity index (χ0) is 13.9. The lowest BCUT2D eigenvalue weighted by molar-refractivity contribution is 0.141. The predicted molar refractivity (Wildman–Crippen MR) is 75.1 cm³/mol. The first-order valence-corrected chi connectivity index (χ1v) is 6.73. The molecule has 0 saturated carbocycles. The Kier molecular flexibility index (Phi) is 8.04. The van der Waals surface area contributed by atoms with E-state index in [1.165, 1.54) is 0 Å². The van der Waals surface area contributed by atoms with Gasteiger partial charge in [-0.2, -0.15) is 0 Å². The van der Waals surface area contributed by atoms with Gasteiger partial charge >= 0.3 is 0 Å². The molecule has 0 bridgehead atoms. The molecule has 0 fully saturated rings. The van der Waals surface area contributed by atoms with Crippen molar-refractivity contribution in [2.45, 2.75) is 20.4 Å². The van der Waals surface area contributed by atoms with Gasteiger partial charge in [-0.05, 0) is 13.8 Å². The van der Waals surface area contributed by atoms with E-state index in [9.17, 15) is 0 Å². The van der Waals surface area contributed by atoms with Crippen molar-refractivity contribution < 1.29 is 9.47 Å². The summed E-state index contributed by atoms with van der Waals surface area (Å²) in [5, 5.41) is 0. The molecule has 0 aliphatic heterocycles. The van der Waals surface area contributed by atoms with E-state index in [0.717, 1.165) is 37.8 Å². The number of aromatic nitrogens is 2. The van der Waals surface area contributed by atoms with Crippen LogP contribution in [0.1, 0.15) is 19.5 Å². The van der Waals surface area contributed by atoms with Gasteiger partial charge in [-0.1, -0.05) is 0 Å². The van der Waals surface area contributed by atoms with Gasteiger partial charge in [0.1, 0.15) is 5.82 Å². The fourth-order valence-electron chi connectivity index (χ4n) is 1.60. The third kappa shape index (κ3) is 5.96. The molecule has 108 valence electrons. The third-order valence-electron chi connectivity index (χ3n) is 2.64. The van der Waals surface area contributed by atoms with Gasteiger partial charge in [-0.3, -0.25) is 4.98 Å². The lowest BCUT2D eigenvalue weighted by Crippen LogP contribution is -2.32. The quantitative estimate of drug-likeness (QED) is 0.633. The smallest absolute Gasteiger partial charge is 0.147 e. The monoisotopic (exact) mass is 268 g/mol. The molecule has 2 N–H and O–H groups in total. The van der Waals surface area contributed by atoms with Crippen molar-refractivity contribution in [1.29, 1.82) is 0 Å². The maximum atomic E-state index is 5.52. The van der Waals surface area contributed by atoms with E-state index >= 15 is 0 Å². The predicted octanol–water partition coefficient (Wildman–Crippen LogP) is 0.815. The Bertz CT molecular complexity index is 322. The van der Waals surface area contributed by atoms with Crippen molar-refractivity contribution in [2.24, 2.45) is 5.73 Å². The minimum absolute atomic E-state index is 0.408. The average Bonchev–Trinajstić information content (AvgIpc) is 2.46. The fraction of sp³-hybridized carbons (Fsp3) is 0.692. The van der Waals surface area contributed by atoms with Crippen LogP contribution in [0.3, 0.4) is 0 Å². The van der Waals surface area contributed by atoms with Crippen molar-refractivity contribution >= 4 is 5.82 Å². The highest BCUT2D eigenvalue weighted by molar-refractivity contribution is 5.35. The number of hydrogen-bond acceptors (Lipinski definition) is 6. The maximum Gasteiger partial charge on any atom is 0.147 e. The Morgan fingerprint density at radius 3 is 2.11 bits per heavy atom. The van der Waals surface area contributed by atoms with Crippen LogP contribution in [-0.2, 0) is 16.0 Å². The second-order valence-electron chi connectivity index (χ2n) is 3.95. The summed E-state index contributed by atoms with van der Waals surface area (Å²) in [6.07, 6.45) is 3.46. The number of nitrogens with zero attached hydrogens (tertiary/aromatic N) is 3. The van der Waals surface area contributed by atoms with Gasteiger partial charge in [0.2, 0.25) is 0 Å². The summed E-state index contributed by atoms with van der Waals surface area (Å²) in [7, 11) is 0. The van der Waals surface area contributed by atoms with Gasteiger partial charge < -0.3 is 20.1 Å². The van der Waals surface area contributed by atoms with Gasteiger partial charge in [0.15, 0.2) is 0 Å². The van der Waals surface area contributed by atoms with E-state index in [1.54, 1.807) is 12.4 Å². The molecular weight excluding hydrogens is 244 g/mol. The highest BCUT2D eigenvalue weighted by Crippen LogP contribution is 2.08. The molecular formula is C13H24N4O2. The molecule has 0 atom stereocenters. The van der Waals surface area contributed by atoms with Crippen LogP contribution >= 0.6 is 0 Å². The number of hydrogen-bond donors (Lipinski definition) is 1. The SMILES string of the molecule is CCOCCN(CCOCC)c1cnc(CN)cn1. The molecule has 1 aromatic rings. The molecule has 6 nitrogen and oxygen atoms in total. The number of rotatable bonds is 10. The molecule has 0 saturated heterocycles. The van der Waals surface area contributed by atoms with E-state index < -0.39 is 0 Å². The van der Waals surface area contributed by atoms with Crippen LogP contribution in [-0.4, -0.2) is 49.5 Å². The molecule has 0 amide bonds. The topological polar surface area (TPSA) is 73.5 Å². The summed E-state index contributed by atoms with van der Waals surface area (Å²) < 4.78 is 10.8. The second-order valence-corrected chi connectivity index (χ2v) is 3.95. The molecule has 1 heterocycles. The Hall–Kier alpha value is -1.24. The van der Waals surface area contributed by atoms with E-state index in [1.807, 2.05) is 13.8 Å². The second kappa shape index (κ2) is 9.66. The molecule has 0 unspecified atom stereocenters. The largest absolute Gasteiger partial charge is 0.380 e. The summed E-state index contributed by atoms with van der Waals surface area (Å²) in [5.41, 5.74) is 6.31. The van der Waals surface area contributed by atoms with Gasteiger partial charge in [0, 0.05) is 32.8 Å². The van der Waals surface area contributed by atoms with Crippen molar-refractivity contribution in [3.8, 4) is 0 Å². The Balaban J connectivity index is 2.58. The van der Waals surface area contributed by atoms with Crippen molar-refractivity contribution in [3.05, 3.63) is 18.1 Å². The highest BCUT2D eigenvalue weighted by atomic mass is 16.5. The molecule has 1 rings (SSSR count). The molecule has 0 spiro atoms. The van der Waals surface area contributed by atoms with Crippen LogP contribution in [0.2, 0.25) is 0 Å². The minimum atomic E-state index is 0.408. The van der Waals surface area contributed by atoms with E-state index in [2.05, 4.69) is 14.9 Å². The minimum Gasteiger partial charge on any atom is -0.380 e.